The lowest BCUT2D eigenvalue weighted by molar-refractivity contribution is -0.870. The molecule has 3 atom stereocenters. The maximum Gasteiger partial charge on any atom is 0.268 e. The quantitative estimate of drug-likeness (QED) is 0.0272. The largest absolute Gasteiger partial charge is 0.756 e. The summed E-state index contributed by atoms with van der Waals surface area (Å²) in [7, 11) is 1.24. The molecular weight excluding hydrogens is 876 g/mol. The van der Waals surface area contributed by atoms with Crippen LogP contribution in [0.3, 0.4) is 0 Å². The zero-order chi connectivity index (χ0) is 50.6. The van der Waals surface area contributed by atoms with E-state index in [-0.39, 0.29) is 12.5 Å². The van der Waals surface area contributed by atoms with Crippen LogP contribution < -0.4 is 10.2 Å². The average molecular weight is 992 g/mol. The molecule has 0 spiro atoms. The molecule has 0 radical (unpaired) electrons. The highest BCUT2D eigenvalue weighted by Crippen LogP contribution is 2.38. The Labute approximate surface area is 429 Å². The molecule has 0 aliphatic rings. The van der Waals surface area contributed by atoms with E-state index in [4.69, 9.17) is 9.05 Å². The number of hydrogen-bond donors (Lipinski definition) is 2. The van der Waals surface area contributed by atoms with Crippen molar-refractivity contribution in [1.29, 1.82) is 0 Å². The van der Waals surface area contributed by atoms with E-state index >= 15 is 0 Å². The second kappa shape index (κ2) is 51.4. The van der Waals surface area contributed by atoms with Gasteiger partial charge in [0.1, 0.15) is 13.2 Å². The van der Waals surface area contributed by atoms with Crippen LogP contribution in [0.1, 0.15) is 277 Å². The number of carbonyl (C=O) groups excluding carboxylic acids is 1. The Morgan fingerprint density at radius 1 is 0.493 bits per heavy atom. The fraction of sp³-hybridized carbons (Fsp3) is 0.850. The summed E-state index contributed by atoms with van der Waals surface area (Å²) in [4.78, 5) is 25.5. The van der Waals surface area contributed by atoms with Crippen LogP contribution in [0.5, 0.6) is 0 Å². The van der Waals surface area contributed by atoms with E-state index in [9.17, 15) is 19.4 Å². The van der Waals surface area contributed by atoms with E-state index in [1.807, 2.05) is 27.2 Å². The van der Waals surface area contributed by atoms with Crippen LogP contribution in [0.2, 0.25) is 0 Å². The van der Waals surface area contributed by atoms with Gasteiger partial charge in [-0.25, -0.2) is 0 Å². The van der Waals surface area contributed by atoms with Crippen molar-refractivity contribution in [2.24, 2.45) is 0 Å². The Hall–Kier alpha value is -1.54. The van der Waals surface area contributed by atoms with E-state index in [1.165, 1.54) is 212 Å². The lowest BCUT2D eigenvalue weighted by Gasteiger charge is -2.29. The maximum atomic E-state index is 12.9. The minimum atomic E-state index is -4.61. The fourth-order valence-electron chi connectivity index (χ4n) is 8.59. The summed E-state index contributed by atoms with van der Waals surface area (Å²) in [6.07, 6.45) is 67.7. The summed E-state index contributed by atoms with van der Waals surface area (Å²) in [5.41, 5.74) is 0. The molecule has 0 saturated carbocycles. The third-order valence-corrected chi connectivity index (χ3v) is 14.2. The predicted octanol–water partition coefficient (Wildman–Crippen LogP) is 17.3. The van der Waals surface area contributed by atoms with Crippen molar-refractivity contribution < 1.29 is 32.9 Å². The smallest absolute Gasteiger partial charge is 0.268 e. The monoisotopic (exact) mass is 991 g/mol. The Morgan fingerprint density at radius 2 is 0.812 bits per heavy atom. The molecule has 0 rings (SSSR count). The van der Waals surface area contributed by atoms with E-state index in [1.54, 1.807) is 6.08 Å². The molecule has 0 aliphatic heterocycles. The van der Waals surface area contributed by atoms with Crippen molar-refractivity contribution in [2.75, 3.05) is 40.9 Å². The standard InChI is InChI=1S/C60H115N2O6P/c1-6-8-10-12-14-16-18-20-22-24-26-27-28-29-30-31-32-33-34-35-36-37-39-41-43-45-47-49-51-53-59(63)58(57-68-69(65,66)67-56-55-62(3,4)5)61-60(64)54-52-50-48-46-44-42-40-38-25-23-21-19-17-15-13-11-9-7-2/h23,25,36-37,43,45,51,53,58-59,63H,6-22,24,26-35,38-42,44,46-50,52,54-57H2,1-5H3,(H-,61,64,65,66)/b25-23-,37-36+,45-43+,53-51+. The van der Waals surface area contributed by atoms with Crippen LogP contribution in [0.25, 0.3) is 0 Å². The highest BCUT2D eigenvalue weighted by molar-refractivity contribution is 7.45. The summed E-state index contributed by atoms with van der Waals surface area (Å²) >= 11 is 0. The van der Waals surface area contributed by atoms with Gasteiger partial charge >= 0.3 is 0 Å². The van der Waals surface area contributed by atoms with Crippen LogP contribution >= 0.6 is 7.82 Å². The third kappa shape index (κ3) is 54.1. The molecule has 0 aromatic rings. The Morgan fingerprint density at radius 3 is 1.17 bits per heavy atom. The molecule has 3 unspecified atom stereocenters. The number of amides is 1. The summed E-state index contributed by atoms with van der Waals surface area (Å²) in [6, 6.07) is -0.913. The summed E-state index contributed by atoms with van der Waals surface area (Å²) in [5.74, 6) is -0.214. The summed E-state index contributed by atoms with van der Waals surface area (Å²) in [6.45, 7) is 4.64. The fourth-order valence-corrected chi connectivity index (χ4v) is 9.32. The Bertz CT molecular complexity index is 1260. The van der Waals surface area contributed by atoms with Gasteiger partial charge in [0.05, 0.1) is 39.9 Å². The van der Waals surface area contributed by atoms with Crippen LogP contribution in [-0.4, -0.2) is 68.5 Å². The number of nitrogens with zero attached hydrogens (tertiary/aromatic N) is 1. The first-order valence-corrected chi connectivity index (χ1v) is 31.0. The van der Waals surface area contributed by atoms with Gasteiger partial charge < -0.3 is 28.8 Å². The number of phosphoric acid groups is 1. The number of nitrogens with one attached hydrogen (secondary N) is 1. The number of unbranched alkanes of at least 4 members (excludes halogenated alkanes) is 35. The van der Waals surface area contributed by atoms with Gasteiger partial charge in [-0.05, 0) is 70.6 Å². The zero-order valence-electron chi connectivity index (χ0n) is 46.3. The van der Waals surface area contributed by atoms with Crippen LogP contribution in [0.15, 0.2) is 48.6 Å². The number of hydrogen-bond acceptors (Lipinski definition) is 6. The highest BCUT2D eigenvalue weighted by Gasteiger charge is 2.23. The van der Waals surface area contributed by atoms with Gasteiger partial charge in [0, 0.05) is 6.42 Å². The molecule has 8 nitrogen and oxygen atoms in total. The van der Waals surface area contributed by atoms with Gasteiger partial charge in [-0.15, -0.1) is 0 Å². The maximum absolute atomic E-state index is 12.9. The zero-order valence-corrected chi connectivity index (χ0v) is 47.2. The molecular formula is C60H115N2O6P. The molecule has 0 heterocycles. The number of likely N-dealkylation sites (N-methyl/N-ethyl adjacent to an activating group) is 1. The minimum Gasteiger partial charge on any atom is -0.756 e. The first-order valence-electron chi connectivity index (χ1n) is 29.5. The molecule has 1 amide bonds. The number of allylic oxidation sites excluding steroid dienone is 7. The second-order valence-corrected chi connectivity index (χ2v) is 22.7. The third-order valence-electron chi connectivity index (χ3n) is 13.2. The molecule has 0 aliphatic carbocycles. The molecule has 0 saturated heterocycles. The van der Waals surface area contributed by atoms with Crippen molar-refractivity contribution in [2.45, 2.75) is 289 Å². The average Bonchev–Trinajstić information content (AvgIpc) is 3.31. The molecule has 2 N–H and O–H groups in total. The van der Waals surface area contributed by atoms with E-state index in [0.717, 1.165) is 44.9 Å². The lowest BCUT2D eigenvalue weighted by Crippen LogP contribution is -2.45. The molecule has 69 heavy (non-hydrogen) atoms. The summed E-state index contributed by atoms with van der Waals surface area (Å²) in [5, 5.41) is 13.9. The number of quaternary nitrogens is 1. The molecule has 0 aromatic heterocycles. The SMILES string of the molecule is CCCCCCCCC/C=C\CCCCCCCCCC(=O)NC(COP(=O)([O-])OCC[N+](C)(C)C)C(O)/C=C/CC/C=C/CC/C=C/CCCCCCCCCCCCCCCCCCCCC. The number of aliphatic hydroxyl groups is 1. The van der Waals surface area contributed by atoms with Crippen molar-refractivity contribution >= 4 is 13.7 Å². The normalized spacial score (nSPS) is 14.2. The van der Waals surface area contributed by atoms with E-state index < -0.39 is 26.6 Å². The van der Waals surface area contributed by atoms with Gasteiger partial charge in [-0.2, -0.15) is 0 Å². The van der Waals surface area contributed by atoms with Gasteiger partial charge in [-0.3, -0.25) is 9.36 Å². The highest BCUT2D eigenvalue weighted by atomic mass is 31.2. The van der Waals surface area contributed by atoms with Crippen LogP contribution in [0, 0.1) is 0 Å². The predicted molar refractivity (Wildman–Crippen MR) is 298 cm³/mol. The molecule has 9 heteroatoms. The minimum absolute atomic E-state index is 0.0103. The molecule has 0 aromatic carbocycles. The van der Waals surface area contributed by atoms with Crippen molar-refractivity contribution in [1.82, 2.24) is 5.32 Å². The van der Waals surface area contributed by atoms with Gasteiger partial charge in [0.2, 0.25) is 5.91 Å². The van der Waals surface area contributed by atoms with Crippen LogP contribution in [0.4, 0.5) is 0 Å². The second-order valence-electron chi connectivity index (χ2n) is 21.3. The number of aliphatic hydroxyl groups excluding tert-OH is 1. The molecule has 0 fully saturated rings. The number of phosphoric ester groups is 1. The lowest BCUT2D eigenvalue weighted by atomic mass is 10.0. The number of rotatable bonds is 54. The van der Waals surface area contributed by atoms with Crippen LogP contribution in [-0.2, 0) is 18.4 Å². The first kappa shape index (κ1) is 67.5. The number of carbonyl (C=O) groups is 1. The van der Waals surface area contributed by atoms with E-state index in [2.05, 4.69) is 55.6 Å². The molecule has 406 valence electrons. The first-order chi connectivity index (χ1) is 33.5. The molecule has 0 bridgehead atoms. The van der Waals surface area contributed by atoms with Crippen molar-refractivity contribution in [3.05, 3.63) is 48.6 Å². The Balaban J connectivity index is 4.24. The van der Waals surface area contributed by atoms with Gasteiger partial charge in [0.15, 0.2) is 0 Å². The van der Waals surface area contributed by atoms with Crippen molar-refractivity contribution in [3.8, 4) is 0 Å². The topological polar surface area (TPSA) is 108 Å². The summed E-state index contributed by atoms with van der Waals surface area (Å²) < 4.78 is 23.3. The Kier molecular flexibility index (Phi) is 50.2. The van der Waals surface area contributed by atoms with Gasteiger partial charge in [0.25, 0.3) is 7.82 Å². The van der Waals surface area contributed by atoms with Gasteiger partial charge in [-0.1, -0.05) is 249 Å². The van der Waals surface area contributed by atoms with E-state index in [0.29, 0.717) is 17.4 Å². The van der Waals surface area contributed by atoms with Crippen molar-refractivity contribution in [3.63, 3.8) is 0 Å².